The number of halogens is 1. The molecule has 1 fully saturated rings. The van der Waals surface area contributed by atoms with E-state index in [1.54, 1.807) is 11.3 Å². The maximum atomic E-state index is 13.0. The molecule has 28 heavy (non-hydrogen) atoms. The molecule has 0 bridgehead atoms. The molecule has 6 heteroatoms. The van der Waals surface area contributed by atoms with Gasteiger partial charge in [-0.3, -0.25) is 4.79 Å². The van der Waals surface area contributed by atoms with Crippen molar-refractivity contribution >= 4 is 39.7 Å². The number of aryl methyl sites for hydroxylation is 1. The molecule has 2 heterocycles. The molecule has 1 atom stereocenters. The van der Waals surface area contributed by atoms with Crippen LogP contribution in [-0.2, 0) is 11.2 Å². The number of benzene rings is 2. The highest BCUT2D eigenvalue weighted by Crippen LogP contribution is 2.33. The Hall–Kier alpha value is -2.37. The first-order valence-electron chi connectivity index (χ1n) is 9.54. The molecule has 4 rings (SSSR count). The average molecular weight is 412 g/mol. The van der Waals surface area contributed by atoms with E-state index in [1.165, 1.54) is 4.88 Å². The van der Waals surface area contributed by atoms with Gasteiger partial charge in [0.15, 0.2) is 5.13 Å². The lowest BCUT2D eigenvalue weighted by Gasteiger charge is -2.25. The third-order valence-corrected chi connectivity index (χ3v) is 6.38. The van der Waals surface area contributed by atoms with Crippen LogP contribution in [0.2, 0.25) is 5.02 Å². The number of carbonyl (C=O) groups excluding carboxylic acids is 1. The quantitative estimate of drug-likeness (QED) is 0.591. The Morgan fingerprint density at radius 2 is 1.96 bits per heavy atom. The number of hydrogen-bond acceptors (Lipinski definition) is 4. The molecule has 4 nitrogen and oxygen atoms in total. The maximum absolute atomic E-state index is 13.0. The third-order valence-electron chi connectivity index (χ3n) is 5.01. The minimum absolute atomic E-state index is 0.00321. The van der Waals surface area contributed by atoms with E-state index in [0.29, 0.717) is 10.2 Å². The molecule has 3 aromatic rings. The zero-order chi connectivity index (χ0) is 19.5. The van der Waals surface area contributed by atoms with Crippen molar-refractivity contribution in [3.63, 3.8) is 0 Å². The summed E-state index contributed by atoms with van der Waals surface area (Å²) in [5.41, 5.74) is 3.07. The molecule has 0 radical (unpaired) electrons. The van der Waals surface area contributed by atoms with Crippen LogP contribution < -0.4 is 10.2 Å². The lowest BCUT2D eigenvalue weighted by atomic mass is 10.1. The number of aromatic nitrogens is 1. The highest BCUT2D eigenvalue weighted by Gasteiger charge is 2.31. The molecule has 1 aliphatic heterocycles. The van der Waals surface area contributed by atoms with Crippen LogP contribution in [0.3, 0.4) is 0 Å². The summed E-state index contributed by atoms with van der Waals surface area (Å²) in [6, 6.07) is 17.6. The fraction of sp³-hybridized carbons (Fsp3) is 0.273. The second-order valence-electron chi connectivity index (χ2n) is 6.83. The summed E-state index contributed by atoms with van der Waals surface area (Å²) in [7, 11) is 0. The normalized spacial score (nSPS) is 16.4. The van der Waals surface area contributed by atoms with Gasteiger partial charge in [0.1, 0.15) is 6.04 Å². The van der Waals surface area contributed by atoms with Crippen molar-refractivity contribution in [3.05, 3.63) is 64.5 Å². The molecule has 0 spiro atoms. The summed E-state index contributed by atoms with van der Waals surface area (Å²) in [6.45, 7) is 2.98. The summed E-state index contributed by atoms with van der Waals surface area (Å²) in [5.74, 6) is 0.00321. The molecule has 1 N–H and O–H groups in total. The van der Waals surface area contributed by atoms with Gasteiger partial charge in [-0.25, -0.2) is 4.98 Å². The topological polar surface area (TPSA) is 45.2 Å². The number of nitrogens with zero attached hydrogens (tertiary/aromatic N) is 2. The van der Waals surface area contributed by atoms with Gasteiger partial charge in [0.05, 0.1) is 5.69 Å². The van der Waals surface area contributed by atoms with Crippen LogP contribution in [0.5, 0.6) is 0 Å². The lowest BCUT2D eigenvalue weighted by molar-refractivity contribution is -0.117. The van der Waals surface area contributed by atoms with Crippen molar-refractivity contribution < 1.29 is 4.79 Å². The predicted octanol–water partition coefficient (Wildman–Crippen LogP) is 5.63. The van der Waals surface area contributed by atoms with E-state index in [0.717, 1.165) is 42.8 Å². The van der Waals surface area contributed by atoms with E-state index in [-0.39, 0.29) is 11.9 Å². The van der Waals surface area contributed by atoms with Crippen LogP contribution in [-0.4, -0.2) is 23.5 Å². The lowest BCUT2D eigenvalue weighted by Crippen LogP contribution is -2.39. The largest absolute Gasteiger partial charge is 0.360 e. The molecule has 0 saturated carbocycles. The summed E-state index contributed by atoms with van der Waals surface area (Å²) in [5, 5.41) is 4.43. The summed E-state index contributed by atoms with van der Waals surface area (Å²) in [6.07, 6.45) is 2.72. The van der Waals surface area contributed by atoms with Gasteiger partial charge >= 0.3 is 0 Å². The standard InChI is InChI=1S/C22H22ClN3OS/c1-2-19-20(15-7-4-3-5-8-15)24-22(28-19)25-21(27)18-9-6-14-26(18)17-12-10-16(23)11-13-17/h3-5,7-8,10-13,18H,2,6,9,14H2,1H3,(H,24,25,27)/t18-/m0/s1. The van der Waals surface area contributed by atoms with Crippen LogP contribution in [0.4, 0.5) is 10.8 Å². The van der Waals surface area contributed by atoms with E-state index in [9.17, 15) is 4.79 Å². The Balaban J connectivity index is 1.53. The zero-order valence-electron chi connectivity index (χ0n) is 15.7. The van der Waals surface area contributed by atoms with Gasteiger partial charge in [-0.05, 0) is 43.5 Å². The van der Waals surface area contributed by atoms with Gasteiger partial charge in [-0.15, -0.1) is 11.3 Å². The number of amides is 1. The molecule has 144 valence electrons. The van der Waals surface area contributed by atoms with Crippen molar-refractivity contribution in [2.24, 2.45) is 0 Å². The van der Waals surface area contributed by atoms with Gasteiger partial charge in [0.2, 0.25) is 5.91 Å². The van der Waals surface area contributed by atoms with Crippen LogP contribution in [0.25, 0.3) is 11.3 Å². The second kappa shape index (κ2) is 8.33. The van der Waals surface area contributed by atoms with Gasteiger partial charge in [-0.1, -0.05) is 48.9 Å². The highest BCUT2D eigenvalue weighted by atomic mass is 35.5. The highest BCUT2D eigenvalue weighted by molar-refractivity contribution is 7.16. The van der Waals surface area contributed by atoms with E-state index < -0.39 is 0 Å². The average Bonchev–Trinajstić information content (AvgIpc) is 3.36. The monoisotopic (exact) mass is 411 g/mol. The Labute approximate surface area is 174 Å². The molecule has 1 aromatic heterocycles. The van der Waals surface area contributed by atoms with Crippen LogP contribution in [0, 0.1) is 0 Å². The summed E-state index contributed by atoms with van der Waals surface area (Å²) >= 11 is 7.56. The molecule has 2 aromatic carbocycles. The smallest absolute Gasteiger partial charge is 0.248 e. The van der Waals surface area contributed by atoms with Gasteiger partial charge < -0.3 is 10.2 Å². The van der Waals surface area contributed by atoms with E-state index in [2.05, 4.69) is 29.3 Å². The first-order valence-corrected chi connectivity index (χ1v) is 10.7. The number of nitrogens with one attached hydrogen (secondary N) is 1. The maximum Gasteiger partial charge on any atom is 0.248 e. The SMILES string of the molecule is CCc1sc(NC(=O)[C@@H]2CCCN2c2ccc(Cl)cc2)nc1-c1ccccc1. The van der Waals surface area contributed by atoms with Crippen molar-refractivity contribution in [2.45, 2.75) is 32.2 Å². The molecule has 1 saturated heterocycles. The molecular formula is C22H22ClN3OS. The number of carbonyl (C=O) groups is 1. The van der Waals surface area contributed by atoms with E-state index in [4.69, 9.17) is 16.6 Å². The Morgan fingerprint density at radius 1 is 1.21 bits per heavy atom. The Morgan fingerprint density at radius 3 is 2.68 bits per heavy atom. The second-order valence-corrected chi connectivity index (χ2v) is 8.35. The van der Waals surface area contributed by atoms with Crippen molar-refractivity contribution in [1.29, 1.82) is 0 Å². The molecule has 1 aliphatic rings. The minimum atomic E-state index is -0.185. The van der Waals surface area contributed by atoms with Gasteiger partial charge in [-0.2, -0.15) is 0 Å². The first kappa shape index (κ1) is 19.0. The van der Waals surface area contributed by atoms with Gasteiger partial charge in [0.25, 0.3) is 0 Å². The predicted molar refractivity (Wildman–Crippen MR) is 117 cm³/mol. The van der Waals surface area contributed by atoms with Crippen LogP contribution in [0.1, 0.15) is 24.6 Å². The minimum Gasteiger partial charge on any atom is -0.360 e. The number of hydrogen-bond donors (Lipinski definition) is 1. The number of rotatable bonds is 5. The summed E-state index contributed by atoms with van der Waals surface area (Å²) < 4.78 is 0. The molecule has 0 unspecified atom stereocenters. The van der Waals surface area contributed by atoms with Crippen molar-refractivity contribution in [1.82, 2.24) is 4.98 Å². The van der Waals surface area contributed by atoms with E-state index >= 15 is 0 Å². The third kappa shape index (κ3) is 3.91. The Bertz CT molecular complexity index is 956. The van der Waals surface area contributed by atoms with Crippen molar-refractivity contribution in [2.75, 3.05) is 16.8 Å². The van der Waals surface area contributed by atoms with E-state index in [1.807, 2.05) is 42.5 Å². The zero-order valence-corrected chi connectivity index (χ0v) is 17.3. The molecule has 1 amide bonds. The molecular weight excluding hydrogens is 390 g/mol. The Kier molecular flexibility index (Phi) is 5.64. The van der Waals surface area contributed by atoms with Crippen molar-refractivity contribution in [3.8, 4) is 11.3 Å². The first-order chi connectivity index (χ1) is 13.7. The number of thiazole rings is 1. The fourth-order valence-corrected chi connectivity index (χ4v) is 4.69. The van der Waals surface area contributed by atoms with Crippen LogP contribution >= 0.6 is 22.9 Å². The summed E-state index contributed by atoms with van der Waals surface area (Å²) in [4.78, 5) is 21.1. The molecule has 0 aliphatic carbocycles. The van der Waals surface area contributed by atoms with Crippen LogP contribution in [0.15, 0.2) is 54.6 Å². The number of anilines is 2. The van der Waals surface area contributed by atoms with Gasteiger partial charge in [0, 0.05) is 27.7 Å². The fourth-order valence-electron chi connectivity index (χ4n) is 3.64.